The van der Waals surface area contributed by atoms with Crippen molar-refractivity contribution in [2.24, 2.45) is 0 Å². The van der Waals surface area contributed by atoms with Gasteiger partial charge in [0.05, 0.1) is 13.7 Å². The minimum atomic E-state index is -0.350. The summed E-state index contributed by atoms with van der Waals surface area (Å²) in [6.45, 7) is 0.360. The number of aromatic nitrogens is 1. The summed E-state index contributed by atoms with van der Waals surface area (Å²) in [5.74, 6) is 0.762. The Morgan fingerprint density at radius 1 is 1.08 bits per heavy atom. The van der Waals surface area contributed by atoms with Gasteiger partial charge in [0.25, 0.3) is 5.91 Å². The Labute approximate surface area is 152 Å². The first-order chi connectivity index (χ1) is 12.6. The molecule has 26 heavy (non-hydrogen) atoms. The third-order valence-electron chi connectivity index (χ3n) is 3.78. The van der Waals surface area contributed by atoms with Gasteiger partial charge in [-0.05, 0) is 48.4 Å². The molecule has 1 aromatic carbocycles. The summed E-state index contributed by atoms with van der Waals surface area (Å²) in [7, 11) is 3.29. The molecule has 7 nitrogen and oxygen atoms in total. The molecule has 0 saturated carbocycles. The van der Waals surface area contributed by atoms with E-state index in [4.69, 9.17) is 9.47 Å². The first-order valence-electron chi connectivity index (χ1n) is 8.25. The minimum absolute atomic E-state index is 0.0579. The Hall–Kier alpha value is -3.09. The Kier molecular flexibility index (Phi) is 7.42. The van der Waals surface area contributed by atoms with Crippen molar-refractivity contribution in [3.63, 3.8) is 0 Å². The van der Waals surface area contributed by atoms with E-state index in [1.165, 1.54) is 0 Å². The molecular weight excluding hydrogens is 334 g/mol. The van der Waals surface area contributed by atoms with Gasteiger partial charge in [-0.15, -0.1) is 0 Å². The van der Waals surface area contributed by atoms with Crippen molar-refractivity contribution in [1.82, 2.24) is 15.2 Å². The van der Waals surface area contributed by atoms with Gasteiger partial charge in [0.1, 0.15) is 11.5 Å². The number of pyridine rings is 1. The molecule has 138 valence electrons. The van der Waals surface area contributed by atoms with Crippen molar-refractivity contribution < 1.29 is 19.1 Å². The van der Waals surface area contributed by atoms with Crippen LogP contribution in [-0.4, -0.2) is 55.6 Å². The van der Waals surface area contributed by atoms with Crippen molar-refractivity contribution in [3.05, 3.63) is 54.4 Å². The summed E-state index contributed by atoms with van der Waals surface area (Å²) < 4.78 is 10.4. The smallest absolute Gasteiger partial charge is 0.258 e. The van der Waals surface area contributed by atoms with E-state index in [9.17, 15) is 9.59 Å². The number of hydrogen-bond acceptors (Lipinski definition) is 5. The zero-order valence-electron chi connectivity index (χ0n) is 15.0. The molecule has 1 aromatic heterocycles. The van der Waals surface area contributed by atoms with E-state index in [0.717, 1.165) is 12.0 Å². The second kappa shape index (κ2) is 10.0. The fraction of sp³-hybridized carbons (Fsp3) is 0.316. The lowest BCUT2D eigenvalue weighted by Crippen LogP contribution is -2.40. The lowest BCUT2D eigenvalue weighted by atomic mass is 10.2. The number of rotatable bonds is 9. The van der Waals surface area contributed by atoms with E-state index in [1.54, 1.807) is 55.7 Å². The van der Waals surface area contributed by atoms with Gasteiger partial charge in [-0.1, -0.05) is 0 Å². The Morgan fingerprint density at radius 2 is 1.73 bits per heavy atom. The molecule has 0 aliphatic rings. The second-order valence-electron chi connectivity index (χ2n) is 5.66. The predicted molar refractivity (Wildman–Crippen MR) is 97.1 cm³/mol. The van der Waals surface area contributed by atoms with Crippen molar-refractivity contribution in [2.45, 2.75) is 6.42 Å². The van der Waals surface area contributed by atoms with Crippen LogP contribution in [0.2, 0.25) is 0 Å². The third kappa shape index (κ3) is 6.43. The van der Waals surface area contributed by atoms with E-state index in [-0.39, 0.29) is 25.0 Å². The largest absolute Gasteiger partial charge is 0.497 e. The van der Waals surface area contributed by atoms with Gasteiger partial charge in [0.15, 0.2) is 6.61 Å². The lowest BCUT2D eigenvalue weighted by molar-refractivity contribution is -0.132. The summed E-state index contributed by atoms with van der Waals surface area (Å²) in [4.78, 5) is 29.4. The molecule has 7 heteroatoms. The normalized spacial score (nSPS) is 10.1. The molecule has 1 N–H and O–H groups in total. The van der Waals surface area contributed by atoms with E-state index in [1.807, 2.05) is 12.1 Å². The summed E-state index contributed by atoms with van der Waals surface area (Å²) >= 11 is 0. The number of methoxy groups -OCH3 is 1. The van der Waals surface area contributed by atoms with Crippen molar-refractivity contribution in [1.29, 1.82) is 0 Å². The fourth-order valence-corrected chi connectivity index (χ4v) is 2.15. The quantitative estimate of drug-likeness (QED) is 0.731. The van der Waals surface area contributed by atoms with E-state index < -0.39 is 0 Å². The maximum absolute atomic E-state index is 12.1. The zero-order valence-corrected chi connectivity index (χ0v) is 15.0. The maximum Gasteiger partial charge on any atom is 0.258 e. The average Bonchev–Trinajstić information content (AvgIpc) is 2.69. The van der Waals surface area contributed by atoms with Crippen LogP contribution in [0.3, 0.4) is 0 Å². The molecule has 0 bridgehead atoms. The molecule has 0 aliphatic heterocycles. The summed E-state index contributed by atoms with van der Waals surface area (Å²) in [5.41, 5.74) is 1.11. The highest BCUT2D eigenvalue weighted by Gasteiger charge is 2.11. The van der Waals surface area contributed by atoms with E-state index in [2.05, 4.69) is 10.3 Å². The van der Waals surface area contributed by atoms with Gasteiger partial charge in [-0.2, -0.15) is 0 Å². The van der Waals surface area contributed by atoms with Crippen molar-refractivity contribution in [2.75, 3.05) is 33.9 Å². The minimum Gasteiger partial charge on any atom is -0.497 e. The van der Waals surface area contributed by atoms with Gasteiger partial charge in [-0.25, -0.2) is 0 Å². The van der Waals surface area contributed by atoms with Gasteiger partial charge >= 0.3 is 0 Å². The Bertz CT molecular complexity index is 704. The molecule has 0 atom stereocenters. The molecule has 2 amide bonds. The average molecular weight is 357 g/mol. The molecule has 0 spiro atoms. The predicted octanol–water partition coefficient (Wildman–Crippen LogP) is 1.29. The molecular formula is C19H23N3O4. The number of hydrogen-bond donors (Lipinski definition) is 1. The molecule has 1 heterocycles. The molecule has 2 aromatic rings. The van der Waals surface area contributed by atoms with Crippen LogP contribution in [0, 0.1) is 0 Å². The summed E-state index contributed by atoms with van der Waals surface area (Å²) in [6.07, 6.45) is 4.18. The SMILES string of the molecule is COc1ccc(OCC(=O)NCC(=O)N(C)CCc2ccncc2)cc1. The van der Waals surface area contributed by atoms with Gasteiger partial charge < -0.3 is 19.7 Å². The standard InChI is InChI=1S/C19H23N3O4/c1-22(12-9-15-7-10-20-11-8-15)19(24)13-21-18(23)14-26-17-5-3-16(25-2)4-6-17/h3-8,10-11H,9,12-14H2,1-2H3,(H,21,23). The van der Waals surface area contributed by atoms with Crippen LogP contribution >= 0.6 is 0 Å². The molecule has 0 radical (unpaired) electrons. The second-order valence-corrected chi connectivity index (χ2v) is 5.66. The van der Waals surface area contributed by atoms with Gasteiger partial charge in [0.2, 0.25) is 5.91 Å². The number of nitrogens with one attached hydrogen (secondary N) is 1. The third-order valence-corrected chi connectivity index (χ3v) is 3.78. The highest BCUT2D eigenvalue weighted by Crippen LogP contribution is 2.16. The summed E-state index contributed by atoms with van der Waals surface area (Å²) in [6, 6.07) is 10.7. The van der Waals surface area contributed by atoms with Crippen molar-refractivity contribution in [3.8, 4) is 11.5 Å². The number of benzene rings is 1. The maximum atomic E-state index is 12.1. The van der Waals surface area contributed by atoms with E-state index in [0.29, 0.717) is 18.0 Å². The topological polar surface area (TPSA) is 80.8 Å². The zero-order chi connectivity index (χ0) is 18.8. The molecule has 2 rings (SSSR count). The Morgan fingerprint density at radius 3 is 2.38 bits per heavy atom. The first-order valence-corrected chi connectivity index (χ1v) is 8.25. The van der Waals surface area contributed by atoms with Gasteiger partial charge in [0, 0.05) is 26.0 Å². The lowest BCUT2D eigenvalue weighted by Gasteiger charge is -2.17. The van der Waals surface area contributed by atoms with Crippen LogP contribution in [0.5, 0.6) is 11.5 Å². The Balaban J connectivity index is 1.66. The number of nitrogens with zero attached hydrogens (tertiary/aromatic N) is 2. The van der Waals surface area contributed by atoms with E-state index >= 15 is 0 Å². The van der Waals surface area contributed by atoms with Crippen LogP contribution < -0.4 is 14.8 Å². The molecule has 0 unspecified atom stereocenters. The number of carbonyl (C=O) groups excluding carboxylic acids is 2. The highest BCUT2D eigenvalue weighted by atomic mass is 16.5. The summed E-state index contributed by atoms with van der Waals surface area (Å²) in [5, 5.41) is 2.56. The number of carbonyl (C=O) groups is 2. The molecule has 0 fully saturated rings. The van der Waals surface area contributed by atoms with Crippen LogP contribution in [0.25, 0.3) is 0 Å². The number of likely N-dealkylation sites (N-methyl/N-ethyl adjacent to an activating group) is 1. The van der Waals surface area contributed by atoms with Gasteiger partial charge in [-0.3, -0.25) is 14.6 Å². The van der Waals surface area contributed by atoms with Crippen LogP contribution in [-0.2, 0) is 16.0 Å². The van der Waals surface area contributed by atoms with Crippen LogP contribution in [0.1, 0.15) is 5.56 Å². The molecule has 0 saturated heterocycles. The number of ether oxygens (including phenoxy) is 2. The fourth-order valence-electron chi connectivity index (χ4n) is 2.15. The van der Waals surface area contributed by atoms with Crippen LogP contribution in [0.15, 0.2) is 48.8 Å². The first kappa shape index (κ1) is 19.2. The molecule has 0 aliphatic carbocycles. The highest BCUT2D eigenvalue weighted by molar-refractivity contribution is 5.85. The number of amides is 2. The van der Waals surface area contributed by atoms with Crippen LogP contribution in [0.4, 0.5) is 0 Å². The monoisotopic (exact) mass is 357 g/mol. The van der Waals surface area contributed by atoms with Crippen molar-refractivity contribution >= 4 is 11.8 Å².